The molecule has 0 bridgehead atoms. The normalized spacial score (nSPS) is 9.93. The van der Waals surface area contributed by atoms with Crippen molar-refractivity contribution in [3.63, 3.8) is 0 Å². The first-order valence-electron chi connectivity index (χ1n) is 4.64. The molecule has 0 aliphatic rings. The number of rotatable bonds is 4. The number of hydrogen-bond acceptors (Lipinski definition) is 1. The molecule has 0 spiro atoms. The predicted molar refractivity (Wildman–Crippen MR) is 64.3 cm³/mol. The molecule has 0 saturated carbocycles. The second-order valence-corrected chi connectivity index (χ2v) is 3.85. The highest BCUT2D eigenvalue weighted by molar-refractivity contribution is 6.19. The lowest BCUT2D eigenvalue weighted by Crippen LogP contribution is -2.20. The van der Waals surface area contributed by atoms with Crippen LogP contribution in [-0.2, 0) is 0 Å². The third-order valence-corrected chi connectivity index (χ3v) is 2.47. The molecule has 0 atom stereocenters. The van der Waals surface area contributed by atoms with Crippen LogP contribution in [0.5, 0.6) is 0 Å². The minimum Gasteiger partial charge on any atom is -0.371 e. The first kappa shape index (κ1) is 11.1. The fraction of sp³-hybridized carbons (Fsp3) is 0.333. The zero-order chi connectivity index (χ0) is 10.6. The molecule has 76 valence electrons. The lowest BCUT2D eigenvalue weighted by Gasteiger charge is -2.20. The van der Waals surface area contributed by atoms with Gasteiger partial charge in [0.25, 0.3) is 0 Å². The highest BCUT2D eigenvalue weighted by Crippen LogP contribution is 2.15. The van der Waals surface area contributed by atoms with Gasteiger partial charge in [-0.25, -0.2) is 0 Å². The summed E-state index contributed by atoms with van der Waals surface area (Å²) in [5, 5.41) is 0. The van der Waals surface area contributed by atoms with Crippen LogP contribution in [0.15, 0.2) is 36.4 Å². The number of likely N-dealkylation sites (N-methyl/N-ethyl adjacent to an activating group) is 1. The Balaban J connectivity index is 2.69. The van der Waals surface area contributed by atoms with E-state index in [9.17, 15) is 0 Å². The maximum atomic E-state index is 5.69. The Morgan fingerprint density at radius 2 is 2.21 bits per heavy atom. The van der Waals surface area contributed by atoms with Crippen LogP contribution in [0.4, 0.5) is 5.69 Å². The molecule has 0 aromatic heterocycles. The molecule has 2 heteroatoms. The van der Waals surface area contributed by atoms with Gasteiger partial charge in [-0.15, -0.1) is 11.6 Å². The van der Waals surface area contributed by atoms with Crippen molar-refractivity contribution in [3.8, 4) is 0 Å². The van der Waals surface area contributed by atoms with Gasteiger partial charge in [-0.3, -0.25) is 0 Å². The van der Waals surface area contributed by atoms with E-state index in [1.165, 1.54) is 11.3 Å². The Morgan fingerprint density at radius 1 is 1.50 bits per heavy atom. The van der Waals surface area contributed by atoms with Gasteiger partial charge in [0.05, 0.1) is 0 Å². The Hall–Kier alpha value is -0.950. The van der Waals surface area contributed by atoms with Crippen LogP contribution in [-0.4, -0.2) is 19.5 Å². The largest absolute Gasteiger partial charge is 0.371 e. The molecule has 0 saturated heterocycles. The summed E-state index contributed by atoms with van der Waals surface area (Å²) < 4.78 is 0. The molecule has 0 fully saturated rings. The molecule has 1 rings (SSSR count). The predicted octanol–water partition coefficient (Wildman–Crippen LogP) is 3.23. The standard InChI is InChI=1S/C12H16ClN/c1-10-5-4-6-12(7-10)14(3)9-11(2)8-13/h4-7H,2,8-9H2,1,3H3. The van der Waals surface area contributed by atoms with Crippen molar-refractivity contribution in [2.75, 3.05) is 24.4 Å². The first-order valence-corrected chi connectivity index (χ1v) is 5.17. The van der Waals surface area contributed by atoms with E-state index in [1.807, 2.05) is 7.05 Å². The van der Waals surface area contributed by atoms with Crippen LogP contribution < -0.4 is 4.90 Å². The molecule has 1 nitrogen and oxygen atoms in total. The number of anilines is 1. The molecule has 14 heavy (non-hydrogen) atoms. The molecule has 1 aromatic rings. The van der Waals surface area contributed by atoms with Crippen LogP contribution in [0.25, 0.3) is 0 Å². The van der Waals surface area contributed by atoms with Crippen molar-refractivity contribution in [1.29, 1.82) is 0 Å². The van der Waals surface area contributed by atoms with E-state index in [1.54, 1.807) is 0 Å². The fourth-order valence-electron chi connectivity index (χ4n) is 1.33. The van der Waals surface area contributed by atoms with Gasteiger partial charge >= 0.3 is 0 Å². The number of hydrogen-bond donors (Lipinski definition) is 0. The van der Waals surface area contributed by atoms with Crippen molar-refractivity contribution >= 4 is 17.3 Å². The Morgan fingerprint density at radius 3 is 2.79 bits per heavy atom. The SMILES string of the molecule is C=C(CCl)CN(C)c1cccc(C)c1. The van der Waals surface area contributed by atoms with Crippen LogP contribution in [0.2, 0.25) is 0 Å². The summed E-state index contributed by atoms with van der Waals surface area (Å²) >= 11 is 5.69. The van der Waals surface area contributed by atoms with Gasteiger partial charge in [-0.2, -0.15) is 0 Å². The lowest BCUT2D eigenvalue weighted by molar-refractivity contribution is 0.986. The highest BCUT2D eigenvalue weighted by atomic mass is 35.5. The van der Waals surface area contributed by atoms with Gasteiger partial charge in [0.2, 0.25) is 0 Å². The monoisotopic (exact) mass is 209 g/mol. The van der Waals surface area contributed by atoms with Crippen molar-refractivity contribution in [2.45, 2.75) is 6.92 Å². The zero-order valence-corrected chi connectivity index (χ0v) is 9.51. The molecule has 0 heterocycles. The number of nitrogens with zero attached hydrogens (tertiary/aromatic N) is 1. The number of halogens is 1. The Kier molecular flexibility index (Phi) is 4.02. The molecular weight excluding hydrogens is 194 g/mol. The average molecular weight is 210 g/mol. The number of benzene rings is 1. The topological polar surface area (TPSA) is 3.24 Å². The molecular formula is C12H16ClN. The van der Waals surface area contributed by atoms with Gasteiger partial charge in [0.1, 0.15) is 0 Å². The van der Waals surface area contributed by atoms with E-state index in [4.69, 9.17) is 11.6 Å². The number of alkyl halides is 1. The van der Waals surface area contributed by atoms with Crippen LogP contribution >= 0.6 is 11.6 Å². The fourth-order valence-corrected chi connectivity index (χ4v) is 1.42. The first-order chi connectivity index (χ1) is 6.63. The van der Waals surface area contributed by atoms with E-state index in [2.05, 4.69) is 42.7 Å². The van der Waals surface area contributed by atoms with Gasteiger partial charge in [-0.1, -0.05) is 18.7 Å². The molecule has 0 aliphatic heterocycles. The molecule has 0 amide bonds. The quantitative estimate of drug-likeness (QED) is 0.544. The van der Waals surface area contributed by atoms with Gasteiger partial charge in [0, 0.05) is 25.2 Å². The summed E-state index contributed by atoms with van der Waals surface area (Å²) in [6.45, 7) is 6.79. The van der Waals surface area contributed by atoms with Crippen molar-refractivity contribution in [1.82, 2.24) is 0 Å². The second-order valence-electron chi connectivity index (χ2n) is 3.58. The summed E-state index contributed by atoms with van der Waals surface area (Å²) in [5.74, 6) is 0.524. The van der Waals surface area contributed by atoms with Crippen LogP contribution in [0.1, 0.15) is 5.56 Å². The summed E-state index contributed by atoms with van der Waals surface area (Å²) in [6, 6.07) is 8.40. The van der Waals surface area contributed by atoms with Crippen LogP contribution in [0.3, 0.4) is 0 Å². The number of aryl methyl sites for hydroxylation is 1. The molecule has 0 radical (unpaired) electrons. The molecule has 1 aromatic carbocycles. The van der Waals surface area contributed by atoms with E-state index in [-0.39, 0.29) is 0 Å². The van der Waals surface area contributed by atoms with Crippen molar-refractivity contribution in [3.05, 3.63) is 42.0 Å². The van der Waals surface area contributed by atoms with Gasteiger partial charge in [0.15, 0.2) is 0 Å². The van der Waals surface area contributed by atoms with Crippen LogP contribution in [0, 0.1) is 6.92 Å². The molecule has 0 N–H and O–H groups in total. The van der Waals surface area contributed by atoms with Crippen molar-refractivity contribution in [2.24, 2.45) is 0 Å². The van der Waals surface area contributed by atoms with E-state index in [0.717, 1.165) is 12.1 Å². The lowest BCUT2D eigenvalue weighted by atomic mass is 10.2. The summed E-state index contributed by atoms with van der Waals surface area (Å²) in [7, 11) is 2.05. The van der Waals surface area contributed by atoms with Crippen molar-refractivity contribution < 1.29 is 0 Å². The molecule has 0 unspecified atom stereocenters. The highest BCUT2D eigenvalue weighted by Gasteiger charge is 2.01. The minimum absolute atomic E-state index is 0.524. The van der Waals surface area contributed by atoms with E-state index < -0.39 is 0 Å². The maximum Gasteiger partial charge on any atom is 0.0448 e. The summed E-state index contributed by atoms with van der Waals surface area (Å²) in [6.07, 6.45) is 0. The van der Waals surface area contributed by atoms with Gasteiger partial charge < -0.3 is 4.90 Å². The minimum atomic E-state index is 0.524. The third-order valence-electron chi connectivity index (χ3n) is 2.09. The average Bonchev–Trinajstić information content (AvgIpc) is 2.17. The van der Waals surface area contributed by atoms with E-state index in [0.29, 0.717) is 5.88 Å². The maximum absolute atomic E-state index is 5.69. The van der Waals surface area contributed by atoms with Gasteiger partial charge in [-0.05, 0) is 30.2 Å². The second kappa shape index (κ2) is 5.06. The third kappa shape index (κ3) is 3.08. The molecule has 0 aliphatic carbocycles. The summed E-state index contributed by atoms with van der Waals surface area (Å²) in [5.41, 5.74) is 3.51. The zero-order valence-electron chi connectivity index (χ0n) is 8.76. The smallest absolute Gasteiger partial charge is 0.0448 e. The summed E-state index contributed by atoms with van der Waals surface area (Å²) in [4.78, 5) is 2.15. The Labute approximate surface area is 91.0 Å². The van der Waals surface area contributed by atoms with E-state index >= 15 is 0 Å². The Bertz CT molecular complexity index is 320.